The van der Waals surface area contributed by atoms with Crippen molar-refractivity contribution < 1.29 is 4.42 Å². The van der Waals surface area contributed by atoms with Crippen LogP contribution in [0.5, 0.6) is 0 Å². The number of hydrogen-bond donors (Lipinski definition) is 0. The van der Waals surface area contributed by atoms with Crippen LogP contribution >= 0.6 is 0 Å². The highest BCUT2D eigenvalue weighted by atomic mass is 16.3. The van der Waals surface area contributed by atoms with Crippen LogP contribution in [0.4, 0.5) is 0 Å². The Hall–Kier alpha value is -6.39. The molecule has 0 unspecified atom stereocenters. The van der Waals surface area contributed by atoms with Crippen LogP contribution in [0, 0.1) is 0 Å². The molecule has 10 rings (SSSR count). The Morgan fingerprint density at radius 1 is 0.340 bits per heavy atom. The molecule has 0 bridgehead atoms. The average molecular weight is 600 g/mol. The van der Waals surface area contributed by atoms with Crippen molar-refractivity contribution in [1.29, 1.82) is 0 Å². The summed E-state index contributed by atoms with van der Waals surface area (Å²) in [6.45, 7) is 0. The van der Waals surface area contributed by atoms with Gasteiger partial charge in [0.1, 0.15) is 11.2 Å². The number of fused-ring (bicyclic) bond motifs is 9. The first-order valence-corrected chi connectivity index (χ1v) is 15.8. The van der Waals surface area contributed by atoms with Gasteiger partial charge in [0, 0.05) is 27.5 Å². The second-order valence-corrected chi connectivity index (χ2v) is 12.0. The van der Waals surface area contributed by atoms with E-state index in [1.807, 2.05) is 30.3 Å². The molecule has 0 saturated carbocycles. The summed E-state index contributed by atoms with van der Waals surface area (Å²) in [5, 5.41) is 11.7. The van der Waals surface area contributed by atoms with Crippen molar-refractivity contribution in [3.05, 3.63) is 152 Å². The lowest BCUT2D eigenvalue weighted by Gasteiger charge is -2.11. The van der Waals surface area contributed by atoms with Crippen molar-refractivity contribution in [1.82, 2.24) is 15.0 Å². The number of furan rings is 1. The summed E-state index contributed by atoms with van der Waals surface area (Å²) in [4.78, 5) is 15.4. The Balaban J connectivity index is 1.21. The second kappa shape index (κ2) is 10.1. The number of benzene rings is 8. The molecule has 0 saturated heterocycles. The summed E-state index contributed by atoms with van der Waals surface area (Å²) in [5.74, 6) is 1.87. The molecule has 0 spiro atoms. The molecule has 4 heteroatoms. The lowest BCUT2D eigenvalue weighted by atomic mass is 9.96. The largest absolute Gasteiger partial charge is 0.456 e. The van der Waals surface area contributed by atoms with Gasteiger partial charge in [0.2, 0.25) is 0 Å². The van der Waals surface area contributed by atoms with Crippen LogP contribution in [0.2, 0.25) is 0 Å². The van der Waals surface area contributed by atoms with E-state index < -0.39 is 0 Å². The smallest absolute Gasteiger partial charge is 0.164 e. The van der Waals surface area contributed by atoms with E-state index >= 15 is 0 Å². The van der Waals surface area contributed by atoms with Crippen LogP contribution < -0.4 is 0 Å². The van der Waals surface area contributed by atoms with E-state index in [1.54, 1.807) is 0 Å². The van der Waals surface area contributed by atoms with Crippen LogP contribution in [-0.4, -0.2) is 15.0 Å². The number of nitrogens with zero attached hydrogens (tertiary/aromatic N) is 3. The van der Waals surface area contributed by atoms with Gasteiger partial charge in [0.15, 0.2) is 17.5 Å². The van der Waals surface area contributed by atoms with Crippen molar-refractivity contribution in [2.45, 2.75) is 0 Å². The summed E-state index contributed by atoms with van der Waals surface area (Å²) in [7, 11) is 0. The number of para-hydroxylation sites is 1. The molecule has 0 radical (unpaired) electrons. The number of aromatic nitrogens is 3. The Bertz CT molecular complexity index is 2870. The predicted molar refractivity (Wildman–Crippen MR) is 193 cm³/mol. The topological polar surface area (TPSA) is 51.8 Å². The summed E-state index contributed by atoms with van der Waals surface area (Å²) in [6.07, 6.45) is 0. The first kappa shape index (κ1) is 25.9. The van der Waals surface area contributed by atoms with Gasteiger partial charge in [-0.05, 0) is 67.4 Å². The maximum Gasteiger partial charge on any atom is 0.164 e. The molecule has 4 nitrogen and oxygen atoms in total. The number of rotatable bonds is 3. The quantitative estimate of drug-likeness (QED) is 0.190. The minimum atomic E-state index is 0.611. The Morgan fingerprint density at radius 2 is 0.894 bits per heavy atom. The molecule has 47 heavy (non-hydrogen) atoms. The normalized spacial score (nSPS) is 11.8. The summed E-state index contributed by atoms with van der Waals surface area (Å²) >= 11 is 0. The molecule has 2 heterocycles. The average Bonchev–Trinajstić information content (AvgIpc) is 3.53. The number of hydrogen-bond acceptors (Lipinski definition) is 4. The molecule has 0 aliphatic carbocycles. The van der Waals surface area contributed by atoms with Crippen LogP contribution in [-0.2, 0) is 0 Å². The summed E-state index contributed by atoms with van der Waals surface area (Å²) in [6, 6.07) is 52.9. The molecule has 0 aliphatic heterocycles. The van der Waals surface area contributed by atoms with Gasteiger partial charge in [0.05, 0.1) is 0 Å². The van der Waals surface area contributed by atoms with E-state index in [0.29, 0.717) is 17.5 Å². The highest BCUT2D eigenvalue weighted by Gasteiger charge is 2.18. The minimum absolute atomic E-state index is 0.611. The Labute approximate surface area is 269 Å². The predicted octanol–water partition coefficient (Wildman–Crippen LogP) is 11.4. The third-order valence-electron chi connectivity index (χ3n) is 9.29. The van der Waals surface area contributed by atoms with Crippen LogP contribution in [0.15, 0.2) is 156 Å². The maximum absolute atomic E-state index is 6.23. The highest BCUT2D eigenvalue weighted by molar-refractivity contribution is 6.17. The zero-order chi connectivity index (χ0) is 30.9. The van der Waals surface area contributed by atoms with Gasteiger partial charge in [-0.3, -0.25) is 0 Å². The fourth-order valence-electron chi connectivity index (χ4n) is 7.01. The molecule has 0 amide bonds. The molecule has 2 aromatic heterocycles. The third kappa shape index (κ3) is 4.12. The summed E-state index contributed by atoms with van der Waals surface area (Å²) < 4.78 is 6.23. The standard InChI is InChI=1S/C43H25N3O/c1-2-10-28-24-30(17-16-26(28)8-1)41-44-42(46-43(45-41)37-13-7-15-39-40(37)36-12-5-6-14-38(36)47-39)31-20-21-33-29(25-31)19-23-34-32-11-4-3-9-27(32)18-22-35(33)34/h1-25H. The summed E-state index contributed by atoms with van der Waals surface area (Å²) in [5.41, 5.74) is 4.44. The minimum Gasteiger partial charge on any atom is -0.456 e. The van der Waals surface area contributed by atoms with Crippen molar-refractivity contribution in [2.24, 2.45) is 0 Å². The van der Waals surface area contributed by atoms with E-state index in [-0.39, 0.29) is 0 Å². The van der Waals surface area contributed by atoms with Gasteiger partial charge in [-0.1, -0.05) is 127 Å². The lowest BCUT2D eigenvalue weighted by Crippen LogP contribution is -2.00. The van der Waals surface area contributed by atoms with Gasteiger partial charge in [-0.15, -0.1) is 0 Å². The van der Waals surface area contributed by atoms with Gasteiger partial charge in [-0.25, -0.2) is 15.0 Å². The fraction of sp³-hybridized carbons (Fsp3) is 0. The molecule has 0 atom stereocenters. The third-order valence-corrected chi connectivity index (χ3v) is 9.29. The maximum atomic E-state index is 6.23. The first-order valence-electron chi connectivity index (χ1n) is 15.8. The van der Waals surface area contributed by atoms with E-state index in [4.69, 9.17) is 19.4 Å². The van der Waals surface area contributed by atoms with Crippen molar-refractivity contribution in [2.75, 3.05) is 0 Å². The first-order chi connectivity index (χ1) is 23.3. The van der Waals surface area contributed by atoms with Crippen molar-refractivity contribution >= 4 is 65.0 Å². The van der Waals surface area contributed by atoms with Gasteiger partial charge < -0.3 is 4.42 Å². The fourth-order valence-corrected chi connectivity index (χ4v) is 7.01. The van der Waals surface area contributed by atoms with E-state index in [2.05, 4.69) is 121 Å². The van der Waals surface area contributed by atoms with Crippen LogP contribution in [0.3, 0.4) is 0 Å². The van der Waals surface area contributed by atoms with Gasteiger partial charge in [-0.2, -0.15) is 0 Å². The monoisotopic (exact) mass is 599 g/mol. The molecule has 10 aromatic rings. The van der Waals surface area contributed by atoms with E-state index in [1.165, 1.54) is 32.3 Å². The van der Waals surface area contributed by atoms with Crippen LogP contribution in [0.25, 0.3) is 99.2 Å². The van der Waals surface area contributed by atoms with Crippen molar-refractivity contribution in [3.63, 3.8) is 0 Å². The molecular formula is C43H25N3O. The van der Waals surface area contributed by atoms with Crippen molar-refractivity contribution in [3.8, 4) is 34.2 Å². The Morgan fingerprint density at radius 3 is 1.72 bits per heavy atom. The molecule has 0 aliphatic rings. The Kier molecular flexibility index (Phi) is 5.54. The van der Waals surface area contributed by atoms with E-state index in [0.717, 1.165) is 49.4 Å². The molecule has 0 N–H and O–H groups in total. The zero-order valence-corrected chi connectivity index (χ0v) is 25.2. The van der Waals surface area contributed by atoms with Gasteiger partial charge >= 0.3 is 0 Å². The lowest BCUT2D eigenvalue weighted by molar-refractivity contribution is 0.669. The second-order valence-electron chi connectivity index (χ2n) is 12.0. The molecule has 8 aromatic carbocycles. The molecule has 218 valence electrons. The van der Waals surface area contributed by atoms with Gasteiger partial charge in [0.25, 0.3) is 0 Å². The molecular weight excluding hydrogens is 574 g/mol. The van der Waals surface area contributed by atoms with E-state index in [9.17, 15) is 0 Å². The highest BCUT2D eigenvalue weighted by Crippen LogP contribution is 2.38. The zero-order valence-electron chi connectivity index (χ0n) is 25.2. The SMILES string of the molecule is c1ccc2cc(-c3nc(-c4ccc5c(ccc6c7ccccc7ccc56)c4)nc(-c4cccc5oc6ccccc6c45)n3)ccc2c1. The molecule has 0 fully saturated rings. The van der Waals surface area contributed by atoms with Crippen LogP contribution in [0.1, 0.15) is 0 Å².